The number of hydrogen-bond acceptors (Lipinski definition) is 3. The van der Waals surface area contributed by atoms with Gasteiger partial charge in [-0.1, -0.05) is 0 Å². The Morgan fingerprint density at radius 1 is 1.78 bits per heavy atom. The number of hydrogen-bond donors (Lipinski definition) is 1. The SMILES string of the molecule is CNC=C1CCOC1=O. The third kappa shape index (κ3) is 1.22. The van der Waals surface area contributed by atoms with Crippen molar-refractivity contribution in [3.8, 4) is 0 Å². The normalized spacial score (nSPS) is 22.3. The van der Waals surface area contributed by atoms with Crippen LogP contribution in [-0.4, -0.2) is 19.6 Å². The molecule has 1 aliphatic heterocycles. The number of rotatable bonds is 1. The van der Waals surface area contributed by atoms with Gasteiger partial charge in [0.2, 0.25) is 0 Å². The first-order valence-corrected chi connectivity index (χ1v) is 2.88. The van der Waals surface area contributed by atoms with Crippen molar-refractivity contribution in [2.75, 3.05) is 13.7 Å². The molecule has 3 heteroatoms. The molecule has 1 aliphatic rings. The third-order valence-electron chi connectivity index (χ3n) is 1.19. The van der Waals surface area contributed by atoms with E-state index in [1.807, 2.05) is 0 Å². The van der Waals surface area contributed by atoms with Gasteiger partial charge < -0.3 is 10.1 Å². The van der Waals surface area contributed by atoms with Gasteiger partial charge in [-0.25, -0.2) is 4.79 Å². The lowest BCUT2D eigenvalue weighted by molar-refractivity contribution is -0.135. The van der Waals surface area contributed by atoms with Crippen molar-refractivity contribution in [3.05, 3.63) is 11.8 Å². The van der Waals surface area contributed by atoms with Crippen molar-refractivity contribution in [1.29, 1.82) is 0 Å². The molecule has 0 aromatic rings. The molecule has 9 heavy (non-hydrogen) atoms. The van der Waals surface area contributed by atoms with E-state index in [4.69, 9.17) is 0 Å². The Morgan fingerprint density at radius 2 is 2.56 bits per heavy atom. The van der Waals surface area contributed by atoms with Gasteiger partial charge in [-0.2, -0.15) is 0 Å². The summed E-state index contributed by atoms with van der Waals surface area (Å²) in [6, 6.07) is 0. The zero-order valence-corrected chi connectivity index (χ0v) is 5.31. The van der Waals surface area contributed by atoms with Crippen molar-refractivity contribution >= 4 is 5.97 Å². The molecule has 0 atom stereocenters. The van der Waals surface area contributed by atoms with E-state index in [2.05, 4.69) is 10.1 Å². The van der Waals surface area contributed by atoms with E-state index in [1.54, 1.807) is 13.2 Å². The van der Waals surface area contributed by atoms with Crippen LogP contribution in [-0.2, 0) is 9.53 Å². The minimum Gasteiger partial charge on any atom is -0.462 e. The van der Waals surface area contributed by atoms with Crippen LogP contribution >= 0.6 is 0 Å². The van der Waals surface area contributed by atoms with Gasteiger partial charge in [0, 0.05) is 19.7 Å². The summed E-state index contributed by atoms with van der Waals surface area (Å²) in [6.07, 6.45) is 2.41. The monoisotopic (exact) mass is 127 g/mol. The highest BCUT2D eigenvalue weighted by molar-refractivity contribution is 5.90. The van der Waals surface area contributed by atoms with Crippen LogP contribution in [0, 0.1) is 0 Å². The van der Waals surface area contributed by atoms with Gasteiger partial charge in [0.1, 0.15) is 0 Å². The van der Waals surface area contributed by atoms with Crippen molar-refractivity contribution in [1.82, 2.24) is 5.32 Å². The Morgan fingerprint density at radius 3 is 3.00 bits per heavy atom. The molecule has 50 valence electrons. The van der Waals surface area contributed by atoms with Crippen LogP contribution in [0.1, 0.15) is 6.42 Å². The summed E-state index contributed by atoms with van der Waals surface area (Å²) in [7, 11) is 1.76. The van der Waals surface area contributed by atoms with E-state index >= 15 is 0 Å². The topological polar surface area (TPSA) is 38.3 Å². The molecule has 0 aromatic carbocycles. The van der Waals surface area contributed by atoms with Crippen molar-refractivity contribution in [2.45, 2.75) is 6.42 Å². The van der Waals surface area contributed by atoms with E-state index in [1.165, 1.54) is 0 Å². The van der Waals surface area contributed by atoms with Gasteiger partial charge in [0.25, 0.3) is 0 Å². The molecular formula is C6H9NO2. The number of esters is 1. The summed E-state index contributed by atoms with van der Waals surface area (Å²) in [5.41, 5.74) is 0.734. The molecule has 0 bridgehead atoms. The summed E-state index contributed by atoms with van der Waals surface area (Å²) >= 11 is 0. The lowest BCUT2D eigenvalue weighted by Crippen LogP contribution is -2.00. The Kier molecular flexibility index (Phi) is 1.72. The number of ether oxygens (including phenoxy) is 1. The standard InChI is InChI=1S/C6H9NO2/c1-7-4-5-2-3-9-6(5)8/h4,7H,2-3H2,1H3. The van der Waals surface area contributed by atoms with Crippen LogP contribution in [0.5, 0.6) is 0 Å². The molecular weight excluding hydrogens is 118 g/mol. The Labute approximate surface area is 53.7 Å². The number of carbonyl (C=O) groups excluding carboxylic acids is 1. The number of nitrogens with one attached hydrogen (secondary N) is 1. The molecule has 0 spiro atoms. The zero-order chi connectivity index (χ0) is 6.69. The average molecular weight is 127 g/mol. The lowest BCUT2D eigenvalue weighted by atomic mass is 10.2. The Bertz CT molecular complexity index is 151. The predicted octanol–water partition coefficient (Wildman–Crippen LogP) is 0.0366. The minimum atomic E-state index is -0.190. The molecule has 1 heterocycles. The van der Waals surface area contributed by atoms with Crippen LogP contribution in [0.15, 0.2) is 11.8 Å². The van der Waals surface area contributed by atoms with E-state index in [-0.39, 0.29) is 5.97 Å². The van der Waals surface area contributed by atoms with E-state index in [9.17, 15) is 4.79 Å². The number of carbonyl (C=O) groups is 1. The molecule has 1 saturated heterocycles. The fourth-order valence-electron chi connectivity index (χ4n) is 0.754. The summed E-state index contributed by atoms with van der Waals surface area (Å²) in [4.78, 5) is 10.6. The van der Waals surface area contributed by atoms with E-state index in [0.29, 0.717) is 6.61 Å². The average Bonchev–Trinajstić information content (AvgIpc) is 2.18. The number of cyclic esters (lactones) is 1. The molecule has 0 radical (unpaired) electrons. The van der Waals surface area contributed by atoms with Gasteiger partial charge >= 0.3 is 5.97 Å². The first-order valence-electron chi connectivity index (χ1n) is 2.88. The van der Waals surface area contributed by atoms with E-state index < -0.39 is 0 Å². The summed E-state index contributed by atoms with van der Waals surface area (Å²) < 4.78 is 4.67. The van der Waals surface area contributed by atoms with Crippen LogP contribution in [0.25, 0.3) is 0 Å². The fraction of sp³-hybridized carbons (Fsp3) is 0.500. The maximum absolute atomic E-state index is 10.6. The maximum Gasteiger partial charge on any atom is 0.335 e. The predicted molar refractivity (Wildman–Crippen MR) is 32.7 cm³/mol. The minimum absolute atomic E-state index is 0.190. The lowest BCUT2D eigenvalue weighted by Gasteiger charge is -1.89. The second kappa shape index (κ2) is 2.53. The molecule has 3 nitrogen and oxygen atoms in total. The summed E-state index contributed by atoms with van der Waals surface area (Å²) in [5.74, 6) is -0.190. The zero-order valence-electron chi connectivity index (χ0n) is 5.31. The van der Waals surface area contributed by atoms with Crippen LogP contribution in [0.2, 0.25) is 0 Å². The highest BCUT2D eigenvalue weighted by atomic mass is 16.5. The maximum atomic E-state index is 10.6. The van der Waals surface area contributed by atoms with Crippen LogP contribution in [0.4, 0.5) is 0 Å². The molecule has 0 unspecified atom stereocenters. The molecule has 0 saturated carbocycles. The second-order valence-corrected chi connectivity index (χ2v) is 1.84. The van der Waals surface area contributed by atoms with Gasteiger partial charge in [-0.3, -0.25) is 0 Å². The smallest absolute Gasteiger partial charge is 0.335 e. The highest BCUT2D eigenvalue weighted by Crippen LogP contribution is 2.10. The molecule has 0 aromatic heterocycles. The summed E-state index contributed by atoms with van der Waals surface area (Å²) in [5, 5.41) is 2.78. The Balaban J connectivity index is 2.59. The van der Waals surface area contributed by atoms with Crippen LogP contribution in [0.3, 0.4) is 0 Å². The first kappa shape index (κ1) is 6.13. The largest absolute Gasteiger partial charge is 0.462 e. The third-order valence-corrected chi connectivity index (χ3v) is 1.19. The molecule has 0 aliphatic carbocycles. The van der Waals surface area contributed by atoms with Crippen molar-refractivity contribution < 1.29 is 9.53 Å². The second-order valence-electron chi connectivity index (χ2n) is 1.84. The van der Waals surface area contributed by atoms with Crippen molar-refractivity contribution in [3.63, 3.8) is 0 Å². The van der Waals surface area contributed by atoms with Crippen LogP contribution < -0.4 is 5.32 Å². The molecule has 1 fully saturated rings. The fourth-order valence-corrected chi connectivity index (χ4v) is 0.754. The summed E-state index contributed by atoms with van der Waals surface area (Å²) in [6.45, 7) is 0.534. The Hall–Kier alpha value is -0.990. The van der Waals surface area contributed by atoms with Gasteiger partial charge in [-0.15, -0.1) is 0 Å². The highest BCUT2D eigenvalue weighted by Gasteiger charge is 2.17. The van der Waals surface area contributed by atoms with E-state index in [0.717, 1.165) is 12.0 Å². The quantitative estimate of drug-likeness (QED) is 0.399. The molecule has 1 rings (SSSR count). The van der Waals surface area contributed by atoms with Gasteiger partial charge in [0.05, 0.1) is 12.2 Å². The van der Waals surface area contributed by atoms with Crippen molar-refractivity contribution in [2.24, 2.45) is 0 Å². The molecule has 1 N–H and O–H groups in total. The molecule has 0 amide bonds. The van der Waals surface area contributed by atoms with Gasteiger partial charge in [-0.05, 0) is 0 Å². The first-order chi connectivity index (χ1) is 4.34. The van der Waals surface area contributed by atoms with Gasteiger partial charge in [0.15, 0.2) is 0 Å².